The summed E-state index contributed by atoms with van der Waals surface area (Å²) in [5.41, 5.74) is -0.408. The molecule has 9 nitrogen and oxygen atoms in total. The van der Waals surface area contributed by atoms with Gasteiger partial charge in [0.25, 0.3) is 17.5 Å². The molecule has 22 heavy (non-hydrogen) atoms. The number of nitro benzene ring substituents is 1. The van der Waals surface area contributed by atoms with E-state index in [4.69, 9.17) is 0 Å². The molecule has 0 bridgehead atoms. The van der Waals surface area contributed by atoms with Gasteiger partial charge in [-0.05, 0) is 12.5 Å². The lowest BCUT2D eigenvalue weighted by molar-refractivity contribution is -0.384. The number of imide groups is 2. The van der Waals surface area contributed by atoms with Gasteiger partial charge in [-0.3, -0.25) is 39.5 Å². The van der Waals surface area contributed by atoms with Crippen molar-refractivity contribution in [1.82, 2.24) is 10.2 Å². The standard InChI is InChI=1S/C13H9N3O6/c17-10-4-3-9(11(18)14-10)15-12(19)7-2-1-6(16(21)22)5-8(7)13(15)20/h1-2,5,9H,3-4H2,(H,14,17,18)/t9-/m0/s1. The van der Waals surface area contributed by atoms with Crippen LogP contribution in [0.2, 0.25) is 0 Å². The van der Waals surface area contributed by atoms with Crippen LogP contribution in [-0.2, 0) is 9.59 Å². The molecule has 3 rings (SSSR count). The van der Waals surface area contributed by atoms with Crippen LogP contribution < -0.4 is 5.32 Å². The van der Waals surface area contributed by atoms with E-state index in [2.05, 4.69) is 5.32 Å². The molecule has 0 spiro atoms. The van der Waals surface area contributed by atoms with Gasteiger partial charge < -0.3 is 0 Å². The Bertz CT molecular complexity index is 756. The van der Waals surface area contributed by atoms with Gasteiger partial charge in [0.1, 0.15) is 6.04 Å². The lowest BCUT2D eigenvalue weighted by atomic mass is 10.0. The molecular formula is C13H9N3O6. The van der Waals surface area contributed by atoms with Gasteiger partial charge in [-0.1, -0.05) is 0 Å². The fraction of sp³-hybridized carbons (Fsp3) is 0.231. The first-order chi connectivity index (χ1) is 10.4. The first-order valence-corrected chi connectivity index (χ1v) is 6.40. The monoisotopic (exact) mass is 303 g/mol. The first-order valence-electron chi connectivity index (χ1n) is 6.40. The molecule has 1 saturated heterocycles. The Hall–Kier alpha value is -3.10. The molecule has 1 atom stereocenters. The summed E-state index contributed by atoms with van der Waals surface area (Å²) in [5, 5.41) is 12.8. The summed E-state index contributed by atoms with van der Waals surface area (Å²) < 4.78 is 0. The molecule has 0 radical (unpaired) electrons. The van der Waals surface area contributed by atoms with E-state index in [1.54, 1.807) is 0 Å². The molecule has 0 aliphatic carbocycles. The zero-order valence-electron chi connectivity index (χ0n) is 11.1. The topological polar surface area (TPSA) is 127 Å². The second-order valence-corrected chi connectivity index (χ2v) is 4.93. The quantitative estimate of drug-likeness (QED) is 0.465. The molecule has 4 amide bonds. The Kier molecular flexibility index (Phi) is 2.98. The fourth-order valence-corrected chi connectivity index (χ4v) is 2.57. The number of rotatable bonds is 2. The van der Waals surface area contributed by atoms with Crippen LogP contribution in [0.25, 0.3) is 0 Å². The van der Waals surface area contributed by atoms with Gasteiger partial charge in [-0.25, -0.2) is 0 Å². The molecule has 0 aromatic heterocycles. The van der Waals surface area contributed by atoms with E-state index >= 15 is 0 Å². The molecule has 2 aliphatic rings. The molecule has 0 unspecified atom stereocenters. The molecule has 1 N–H and O–H groups in total. The molecule has 2 heterocycles. The number of fused-ring (bicyclic) bond motifs is 1. The number of hydrogen-bond donors (Lipinski definition) is 1. The third kappa shape index (κ3) is 1.94. The highest BCUT2D eigenvalue weighted by molar-refractivity contribution is 6.23. The largest absolute Gasteiger partial charge is 0.295 e. The van der Waals surface area contributed by atoms with Crippen LogP contribution in [0.15, 0.2) is 18.2 Å². The van der Waals surface area contributed by atoms with Crippen molar-refractivity contribution < 1.29 is 24.1 Å². The Morgan fingerprint density at radius 3 is 2.45 bits per heavy atom. The molecule has 0 saturated carbocycles. The highest BCUT2D eigenvalue weighted by Crippen LogP contribution is 2.29. The number of piperidine rings is 1. The van der Waals surface area contributed by atoms with Crippen molar-refractivity contribution in [3.8, 4) is 0 Å². The number of amides is 4. The van der Waals surface area contributed by atoms with Crippen molar-refractivity contribution in [2.24, 2.45) is 0 Å². The normalized spacial score (nSPS) is 20.9. The number of non-ortho nitro benzene ring substituents is 1. The minimum absolute atomic E-state index is 0.0142. The van der Waals surface area contributed by atoms with Gasteiger partial charge in [-0.2, -0.15) is 0 Å². The first kappa shape index (κ1) is 13.9. The Balaban J connectivity index is 1.98. The van der Waals surface area contributed by atoms with Crippen molar-refractivity contribution in [2.45, 2.75) is 18.9 Å². The summed E-state index contributed by atoms with van der Waals surface area (Å²) in [6.45, 7) is 0. The van der Waals surface area contributed by atoms with E-state index in [-0.39, 0.29) is 29.7 Å². The summed E-state index contributed by atoms with van der Waals surface area (Å²) in [6, 6.07) is 2.25. The van der Waals surface area contributed by atoms with Crippen LogP contribution in [0.1, 0.15) is 33.6 Å². The summed E-state index contributed by atoms with van der Waals surface area (Å²) in [7, 11) is 0. The summed E-state index contributed by atoms with van der Waals surface area (Å²) in [6.07, 6.45) is 0.0577. The SMILES string of the molecule is O=C1CC[C@H](N2C(=O)c3ccc([N+](=O)[O-])cc3C2=O)C(=O)N1. The summed E-state index contributed by atoms with van der Waals surface area (Å²) >= 11 is 0. The smallest absolute Gasteiger partial charge is 0.270 e. The maximum atomic E-state index is 12.3. The van der Waals surface area contributed by atoms with Gasteiger partial charge in [0, 0.05) is 18.6 Å². The van der Waals surface area contributed by atoms with Gasteiger partial charge in [0.05, 0.1) is 16.1 Å². The van der Waals surface area contributed by atoms with E-state index in [0.717, 1.165) is 17.0 Å². The number of hydrogen-bond acceptors (Lipinski definition) is 6. The van der Waals surface area contributed by atoms with Crippen molar-refractivity contribution in [1.29, 1.82) is 0 Å². The number of benzene rings is 1. The van der Waals surface area contributed by atoms with Crippen LogP contribution in [0.4, 0.5) is 5.69 Å². The summed E-state index contributed by atoms with van der Waals surface area (Å²) in [5.74, 6) is -2.64. The average Bonchev–Trinajstić information content (AvgIpc) is 2.71. The second-order valence-electron chi connectivity index (χ2n) is 4.93. The summed E-state index contributed by atoms with van der Waals surface area (Å²) in [4.78, 5) is 58.4. The molecule has 1 aromatic rings. The van der Waals surface area contributed by atoms with E-state index in [9.17, 15) is 29.3 Å². The minimum atomic E-state index is -1.08. The number of carbonyl (C=O) groups is 4. The van der Waals surface area contributed by atoms with Crippen LogP contribution in [-0.4, -0.2) is 39.5 Å². The van der Waals surface area contributed by atoms with Crippen LogP contribution >= 0.6 is 0 Å². The lowest BCUT2D eigenvalue weighted by Crippen LogP contribution is -2.54. The Morgan fingerprint density at radius 1 is 1.14 bits per heavy atom. The highest BCUT2D eigenvalue weighted by Gasteiger charge is 2.45. The van der Waals surface area contributed by atoms with E-state index in [1.807, 2.05) is 0 Å². The van der Waals surface area contributed by atoms with Crippen molar-refractivity contribution >= 4 is 29.3 Å². The molecule has 1 fully saturated rings. The van der Waals surface area contributed by atoms with Gasteiger partial charge in [0.2, 0.25) is 11.8 Å². The fourth-order valence-electron chi connectivity index (χ4n) is 2.57. The predicted octanol–water partition coefficient (Wildman–Crippen LogP) is -0.00400. The van der Waals surface area contributed by atoms with Crippen molar-refractivity contribution in [3.63, 3.8) is 0 Å². The molecule has 112 valence electrons. The third-order valence-electron chi connectivity index (χ3n) is 3.63. The van der Waals surface area contributed by atoms with Crippen molar-refractivity contribution in [2.75, 3.05) is 0 Å². The average molecular weight is 303 g/mol. The van der Waals surface area contributed by atoms with E-state index in [1.165, 1.54) is 6.07 Å². The third-order valence-corrected chi connectivity index (χ3v) is 3.63. The van der Waals surface area contributed by atoms with Crippen LogP contribution in [0, 0.1) is 10.1 Å². The maximum Gasteiger partial charge on any atom is 0.270 e. The maximum absolute atomic E-state index is 12.3. The Morgan fingerprint density at radius 2 is 1.82 bits per heavy atom. The molecular weight excluding hydrogens is 294 g/mol. The highest BCUT2D eigenvalue weighted by atomic mass is 16.6. The van der Waals surface area contributed by atoms with Crippen LogP contribution in [0.3, 0.4) is 0 Å². The van der Waals surface area contributed by atoms with Crippen LogP contribution in [0.5, 0.6) is 0 Å². The number of nitro groups is 1. The Labute approximate surface area is 123 Å². The van der Waals surface area contributed by atoms with Gasteiger partial charge >= 0.3 is 0 Å². The molecule has 9 heteroatoms. The van der Waals surface area contributed by atoms with Gasteiger partial charge in [-0.15, -0.1) is 0 Å². The molecule has 1 aromatic carbocycles. The predicted molar refractivity (Wildman–Crippen MR) is 69.8 cm³/mol. The number of nitrogens with one attached hydrogen (secondary N) is 1. The number of carbonyl (C=O) groups excluding carboxylic acids is 4. The van der Waals surface area contributed by atoms with E-state index < -0.39 is 34.6 Å². The second kappa shape index (κ2) is 4.72. The van der Waals surface area contributed by atoms with Gasteiger partial charge in [0.15, 0.2) is 0 Å². The lowest BCUT2D eigenvalue weighted by Gasteiger charge is -2.27. The van der Waals surface area contributed by atoms with Crippen molar-refractivity contribution in [3.05, 3.63) is 39.4 Å². The zero-order valence-corrected chi connectivity index (χ0v) is 11.1. The number of nitrogens with zero attached hydrogens (tertiary/aromatic N) is 2. The minimum Gasteiger partial charge on any atom is -0.295 e. The van der Waals surface area contributed by atoms with E-state index in [0.29, 0.717) is 0 Å². The zero-order chi connectivity index (χ0) is 16.0. The molecule has 2 aliphatic heterocycles.